The summed E-state index contributed by atoms with van der Waals surface area (Å²) < 4.78 is 12.9. The van der Waals surface area contributed by atoms with Crippen LogP contribution < -0.4 is 5.43 Å². The summed E-state index contributed by atoms with van der Waals surface area (Å²) >= 11 is 1.62. The number of nitrogens with one attached hydrogen (secondary N) is 1. The zero-order valence-electron chi connectivity index (χ0n) is 12.0. The van der Waals surface area contributed by atoms with E-state index in [2.05, 4.69) is 27.7 Å². The van der Waals surface area contributed by atoms with Crippen molar-refractivity contribution < 1.29 is 4.39 Å². The molecule has 0 aliphatic carbocycles. The molecular formula is C17H16FN3S. The molecule has 0 fully saturated rings. The van der Waals surface area contributed by atoms with Crippen molar-refractivity contribution in [2.45, 2.75) is 6.42 Å². The molecule has 0 unspecified atom stereocenters. The van der Waals surface area contributed by atoms with Crippen molar-refractivity contribution in [3.8, 4) is 0 Å². The molecule has 0 saturated carbocycles. The molecule has 1 aliphatic heterocycles. The first-order valence-corrected chi connectivity index (χ1v) is 8.09. The lowest BCUT2D eigenvalue weighted by molar-refractivity contribution is 0.628. The summed E-state index contributed by atoms with van der Waals surface area (Å²) in [5, 5.41) is 5.16. The lowest BCUT2D eigenvalue weighted by Crippen LogP contribution is -2.25. The van der Waals surface area contributed by atoms with Gasteiger partial charge in [0.15, 0.2) is 5.17 Å². The monoisotopic (exact) mass is 313 g/mol. The van der Waals surface area contributed by atoms with E-state index in [1.807, 2.05) is 18.2 Å². The molecule has 1 N–H and O–H groups in total. The second-order valence-corrected chi connectivity index (χ2v) is 5.85. The van der Waals surface area contributed by atoms with Crippen LogP contribution in [0.5, 0.6) is 0 Å². The molecule has 0 spiro atoms. The van der Waals surface area contributed by atoms with Gasteiger partial charge in [0, 0.05) is 12.3 Å². The molecule has 1 heterocycles. The van der Waals surface area contributed by atoms with Crippen LogP contribution in [0, 0.1) is 5.82 Å². The van der Waals surface area contributed by atoms with Gasteiger partial charge in [-0.25, -0.2) is 4.39 Å². The quantitative estimate of drug-likeness (QED) is 0.938. The van der Waals surface area contributed by atoms with E-state index >= 15 is 0 Å². The number of nitrogens with zero attached hydrogens (tertiary/aromatic N) is 2. The largest absolute Gasteiger partial charge is 0.261 e. The second-order valence-electron chi connectivity index (χ2n) is 4.89. The summed E-state index contributed by atoms with van der Waals surface area (Å²) in [4.78, 5) is 4.52. The van der Waals surface area contributed by atoms with Crippen molar-refractivity contribution in [1.29, 1.82) is 0 Å². The summed E-state index contributed by atoms with van der Waals surface area (Å²) in [6.07, 6.45) is 0.918. The third-order valence-corrected chi connectivity index (χ3v) is 4.22. The molecule has 5 heteroatoms. The Morgan fingerprint density at radius 2 is 1.86 bits per heavy atom. The maximum absolute atomic E-state index is 12.9. The summed E-state index contributed by atoms with van der Waals surface area (Å²) in [5.74, 6) is 0.506. The molecule has 112 valence electrons. The van der Waals surface area contributed by atoms with E-state index in [1.165, 1.54) is 17.7 Å². The smallest absolute Gasteiger partial charge is 0.177 e. The van der Waals surface area contributed by atoms with E-state index in [4.69, 9.17) is 0 Å². The van der Waals surface area contributed by atoms with Crippen LogP contribution in [0.4, 0.5) is 4.39 Å². The fourth-order valence-corrected chi connectivity index (χ4v) is 2.92. The summed E-state index contributed by atoms with van der Waals surface area (Å²) in [6.45, 7) is 0.737. The highest BCUT2D eigenvalue weighted by Gasteiger charge is 2.12. The fraction of sp³-hybridized carbons (Fsp3) is 0.176. The van der Waals surface area contributed by atoms with Crippen molar-refractivity contribution in [1.82, 2.24) is 5.43 Å². The Labute approximate surface area is 133 Å². The second kappa shape index (κ2) is 7.22. The zero-order chi connectivity index (χ0) is 15.2. The Hall–Kier alpha value is -2.14. The van der Waals surface area contributed by atoms with Crippen LogP contribution in [0.25, 0.3) is 0 Å². The number of thioether (sulfide) groups is 1. The van der Waals surface area contributed by atoms with Gasteiger partial charge in [-0.1, -0.05) is 54.2 Å². The van der Waals surface area contributed by atoms with Crippen LogP contribution in [0.3, 0.4) is 0 Å². The number of halogens is 1. The standard InChI is InChI=1S/C17H16FN3S/c18-15-8-6-14(7-9-15)16-12-22-17(21-20-16)19-11-10-13-4-2-1-3-5-13/h1-9H,10-12H2,(H,19,21). The van der Waals surface area contributed by atoms with Gasteiger partial charge in [-0.3, -0.25) is 10.4 Å². The number of hydrogen-bond acceptors (Lipinski definition) is 3. The highest BCUT2D eigenvalue weighted by Crippen LogP contribution is 2.14. The first-order chi connectivity index (χ1) is 10.8. The molecule has 2 aromatic rings. The van der Waals surface area contributed by atoms with Crippen LogP contribution in [-0.4, -0.2) is 23.2 Å². The number of benzene rings is 2. The van der Waals surface area contributed by atoms with Crippen LogP contribution in [0.2, 0.25) is 0 Å². The topological polar surface area (TPSA) is 36.8 Å². The molecule has 2 aromatic carbocycles. The molecule has 22 heavy (non-hydrogen) atoms. The number of aliphatic imine (C=N–C) groups is 1. The molecule has 1 aliphatic rings. The Balaban J connectivity index is 1.56. The maximum Gasteiger partial charge on any atom is 0.177 e. The molecule has 3 nitrogen and oxygen atoms in total. The molecule has 3 rings (SSSR count). The van der Waals surface area contributed by atoms with Gasteiger partial charge >= 0.3 is 0 Å². The summed E-state index contributed by atoms with van der Waals surface area (Å²) in [5.41, 5.74) is 6.10. The number of rotatable bonds is 4. The maximum atomic E-state index is 12.9. The van der Waals surface area contributed by atoms with Crippen molar-refractivity contribution in [3.63, 3.8) is 0 Å². The molecule has 0 radical (unpaired) electrons. The van der Waals surface area contributed by atoms with E-state index in [0.717, 1.165) is 35.2 Å². The molecule has 0 amide bonds. The predicted octanol–water partition coefficient (Wildman–Crippen LogP) is 3.46. The molecular weight excluding hydrogens is 297 g/mol. The van der Waals surface area contributed by atoms with E-state index < -0.39 is 0 Å². The number of amidine groups is 1. The van der Waals surface area contributed by atoms with E-state index in [-0.39, 0.29) is 5.82 Å². The number of hydrogen-bond donors (Lipinski definition) is 1. The first-order valence-electron chi connectivity index (χ1n) is 7.11. The van der Waals surface area contributed by atoms with Crippen molar-refractivity contribution in [3.05, 3.63) is 71.5 Å². The van der Waals surface area contributed by atoms with Crippen molar-refractivity contribution >= 4 is 22.6 Å². The molecule has 0 atom stereocenters. The Kier molecular flexibility index (Phi) is 4.85. The van der Waals surface area contributed by atoms with Gasteiger partial charge in [-0.2, -0.15) is 5.10 Å². The van der Waals surface area contributed by atoms with Gasteiger partial charge in [-0.15, -0.1) is 0 Å². The summed E-state index contributed by atoms with van der Waals surface area (Å²) in [7, 11) is 0. The highest BCUT2D eigenvalue weighted by molar-refractivity contribution is 8.14. The first kappa shape index (κ1) is 14.8. The predicted molar refractivity (Wildman–Crippen MR) is 91.0 cm³/mol. The molecule has 0 saturated heterocycles. The normalized spacial score (nSPS) is 16.2. The third kappa shape index (κ3) is 3.95. The minimum Gasteiger partial charge on any atom is -0.261 e. The van der Waals surface area contributed by atoms with Crippen LogP contribution >= 0.6 is 11.8 Å². The lowest BCUT2D eigenvalue weighted by Gasteiger charge is -2.14. The van der Waals surface area contributed by atoms with Gasteiger partial charge in [0.2, 0.25) is 0 Å². The van der Waals surface area contributed by atoms with Gasteiger partial charge in [0.25, 0.3) is 0 Å². The van der Waals surface area contributed by atoms with Crippen molar-refractivity contribution in [2.24, 2.45) is 10.1 Å². The minimum atomic E-state index is -0.232. The minimum absolute atomic E-state index is 0.232. The Morgan fingerprint density at radius 1 is 1.09 bits per heavy atom. The molecule has 0 aromatic heterocycles. The van der Waals surface area contributed by atoms with Gasteiger partial charge in [0.05, 0.1) is 5.71 Å². The van der Waals surface area contributed by atoms with E-state index in [9.17, 15) is 4.39 Å². The highest BCUT2D eigenvalue weighted by atomic mass is 32.2. The van der Waals surface area contributed by atoms with Crippen LogP contribution in [-0.2, 0) is 6.42 Å². The lowest BCUT2D eigenvalue weighted by atomic mass is 10.1. The van der Waals surface area contributed by atoms with E-state index in [1.54, 1.807) is 23.9 Å². The van der Waals surface area contributed by atoms with Gasteiger partial charge < -0.3 is 0 Å². The average Bonchev–Trinajstić information content (AvgIpc) is 2.57. The third-order valence-electron chi connectivity index (χ3n) is 3.31. The van der Waals surface area contributed by atoms with Crippen molar-refractivity contribution in [2.75, 3.05) is 12.3 Å². The number of hydrazone groups is 1. The average molecular weight is 313 g/mol. The zero-order valence-corrected chi connectivity index (χ0v) is 12.8. The fourth-order valence-electron chi connectivity index (χ4n) is 2.12. The summed E-state index contributed by atoms with van der Waals surface area (Å²) in [6, 6.07) is 16.7. The van der Waals surface area contributed by atoms with Gasteiger partial charge in [0.1, 0.15) is 5.82 Å². The van der Waals surface area contributed by atoms with Crippen LogP contribution in [0.1, 0.15) is 11.1 Å². The Morgan fingerprint density at radius 3 is 2.55 bits per heavy atom. The van der Waals surface area contributed by atoms with Gasteiger partial charge in [-0.05, 0) is 29.7 Å². The Bertz CT molecular complexity index is 681. The van der Waals surface area contributed by atoms with E-state index in [0.29, 0.717) is 0 Å². The van der Waals surface area contributed by atoms with Crippen LogP contribution in [0.15, 0.2) is 64.7 Å². The SMILES string of the molecule is Fc1ccc(C2=NNC(=NCCc3ccccc3)SC2)cc1. The molecule has 0 bridgehead atoms.